The second-order valence-corrected chi connectivity index (χ2v) is 7.61. The molecule has 3 heterocycles. The van der Waals surface area contributed by atoms with Gasteiger partial charge in [0.15, 0.2) is 0 Å². The van der Waals surface area contributed by atoms with Crippen LogP contribution in [0.5, 0.6) is 0 Å². The van der Waals surface area contributed by atoms with Crippen LogP contribution in [-0.2, 0) is 13.0 Å². The highest BCUT2D eigenvalue weighted by Crippen LogP contribution is 2.39. The largest absolute Gasteiger partial charge is 0.357 e. The molecule has 0 aliphatic carbocycles. The molecule has 1 N–H and O–H groups in total. The van der Waals surface area contributed by atoms with E-state index < -0.39 is 0 Å². The summed E-state index contributed by atoms with van der Waals surface area (Å²) in [6.07, 6.45) is 2.78. The van der Waals surface area contributed by atoms with Crippen LogP contribution in [0.3, 0.4) is 0 Å². The molecule has 26 heavy (non-hydrogen) atoms. The zero-order valence-electron chi connectivity index (χ0n) is 14.2. The first kappa shape index (κ1) is 15.7. The molecule has 130 valence electrons. The van der Waals surface area contributed by atoms with E-state index in [9.17, 15) is 4.39 Å². The number of aromatic amines is 1. The van der Waals surface area contributed by atoms with Gasteiger partial charge in [0.2, 0.25) is 0 Å². The van der Waals surface area contributed by atoms with E-state index in [-0.39, 0.29) is 11.9 Å². The van der Waals surface area contributed by atoms with Crippen LogP contribution in [0.4, 0.5) is 4.39 Å². The van der Waals surface area contributed by atoms with Gasteiger partial charge in [-0.05, 0) is 24.1 Å². The lowest BCUT2D eigenvalue weighted by Crippen LogP contribution is -2.36. The normalized spacial score (nSPS) is 17.5. The highest BCUT2D eigenvalue weighted by Gasteiger charge is 2.33. The molecule has 0 radical (unpaired) electrons. The fourth-order valence-corrected chi connectivity index (χ4v) is 4.66. The third-order valence-corrected chi connectivity index (χ3v) is 5.92. The van der Waals surface area contributed by atoms with Gasteiger partial charge in [0.25, 0.3) is 0 Å². The Morgan fingerprint density at radius 2 is 2.00 bits per heavy atom. The van der Waals surface area contributed by atoms with Crippen LogP contribution < -0.4 is 0 Å². The van der Waals surface area contributed by atoms with Crippen LogP contribution >= 0.6 is 11.3 Å². The average Bonchev–Trinajstić information content (AvgIpc) is 3.30. The Balaban J connectivity index is 1.67. The minimum absolute atomic E-state index is 0.128. The Labute approximate surface area is 155 Å². The van der Waals surface area contributed by atoms with E-state index in [0.717, 1.165) is 41.3 Å². The van der Waals surface area contributed by atoms with Crippen molar-refractivity contribution in [3.8, 4) is 0 Å². The summed E-state index contributed by atoms with van der Waals surface area (Å²) in [5, 5.41) is 4.30. The Bertz CT molecular complexity index is 1050. The number of halogens is 1. The van der Waals surface area contributed by atoms with Gasteiger partial charge in [-0.25, -0.2) is 9.37 Å². The van der Waals surface area contributed by atoms with Gasteiger partial charge >= 0.3 is 0 Å². The lowest BCUT2D eigenvalue weighted by Gasteiger charge is -2.35. The number of para-hydroxylation sites is 1. The van der Waals surface area contributed by atoms with Crippen LogP contribution in [0, 0.1) is 5.82 Å². The maximum atomic E-state index is 14.7. The van der Waals surface area contributed by atoms with Crippen molar-refractivity contribution in [2.24, 2.45) is 0 Å². The molecule has 0 fully saturated rings. The summed E-state index contributed by atoms with van der Waals surface area (Å²) in [6.45, 7) is 1.61. The summed E-state index contributed by atoms with van der Waals surface area (Å²) in [4.78, 5) is 10.3. The SMILES string of the molecule is Fc1ccccc1[C@H]1c2[nH]c3ccccc3c2CCN1Cc1nccs1. The van der Waals surface area contributed by atoms with Crippen molar-refractivity contribution >= 4 is 22.2 Å². The maximum Gasteiger partial charge on any atom is 0.128 e. The molecule has 5 heteroatoms. The zero-order chi connectivity index (χ0) is 17.5. The highest BCUT2D eigenvalue weighted by atomic mass is 32.1. The van der Waals surface area contributed by atoms with Crippen molar-refractivity contribution in [2.45, 2.75) is 19.0 Å². The van der Waals surface area contributed by atoms with E-state index in [1.54, 1.807) is 23.5 Å². The van der Waals surface area contributed by atoms with Crippen molar-refractivity contribution in [1.29, 1.82) is 0 Å². The highest BCUT2D eigenvalue weighted by molar-refractivity contribution is 7.09. The van der Waals surface area contributed by atoms with Gasteiger partial charge in [-0.2, -0.15) is 0 Å². The van der Waals surface area contributed by atoms with Crippen LogP contribution in [0.2, 0.25) is 0 Å². The Morgan fingerprint density at radius 1 is 1.15 bits per heavy atom. The predicted octanol–water partition coefficient (Wildman–Crippen LogP) is 4.91. The summed E-state index contributed by atoms with van der Waals surface area (Å²) in [6, 6.07) is 15.3. The number of nitrogens with zero attached hydrogens (tertiary/aromatic N) is 2. The molecular weight excluding hydrogens is 345 g/mol. The van der Waals surface area contributed by atoms with E-state index in [1.807, 2.05) is 29.8 Å². The molecule has 1 atom stereocenters. The van der Waals surface area contributed by atoms with Crippen molar-refractivity contribution in [3.63, 3.8) is 0 Å². The second kappa shape index (κ2) is 6.34. The first-order valence-electron chi connectivity index (χ1n) is 8.77. The Hall–Kier alpha value is -2.50. The maximum absolute atomic E-state index is 14.7. The molecule has 0 spiro atoms. The Morgan fingerprint density at radius 3 is 2.85 bits per heavy atom. The molecule has 0 amide bonds. The minimum Gasteiger partial charge on any atom is -0.357 e. The lowest BCUT2D eigenvalue weighted by molar-refractivity contribution is 0.198. The summed E-state index contributed by atoms with van der Waals surface area (Å²) in [5.74, 6) is -0.159. The molecule has 4 aromatic rings. The average molecular weight is 363 g/mol. The molecule has 2 aromatic carbocycles. The van der Waals surface area contributed by atoms with Crippen molar-refractivity contribution in [1.82, 2.24) is 14.9 Å². The summed E-state index contributed by atoms with van der Waals surface area (Å²) < 4.78 is 14.7. The van der Waals surface area contributed by atoms with Crippen LogP contribution in [-0.4, -0.2) is 21.4 Å². The summed E-state index contributed by atoms with van der Waals surface area (Å²) in [7, 11) is 0. The fourth-order valence-electron chi connectivity index (χ4n) is 4.01. The van der Waals surface area contributed by atoms with E-state index in [0.29, 0.717) is 0 Å². The molecule has 0 saturated heterocycles. The van der Waals surface area contributed by atoms with Crippen molar-refractivity contribution < 1.29 is 4.39 Å². The molecule has 0 unspecified atom stereocenters. The molecule has 1 aliphatic heterocycles. The van der Waals surface area contributed by atoms with Gasteiger partial charge in [0.1, 0.15) is 10.8 Å². The smallest absolute Gasteiger partial charge is 0.128 e. The van der Waals surface area contributed by atoms with E-state index in [2.05, 4.69) is 33.1 Å². The number of fused-ring (bicyclic) bond motifs is 3. The third kappa shape index (κ3) is 2.55. The number of hydrogen-bond donors (Lipinski definition) is 1. The van der Waals surface area contributed by atoms with E-state index in [4.69, 9.17) is 0 Å². The number of nitrogens with one attached hydrogen (secondary N) is 1. The zero-order valence-corrected chi connectivity index (χ0v) is 15.0. The molecule has 3 nitrogen and oxygen atoms in total. The molecule has 1 aliphatic rings. The van der Waals surface area contributed by atoms with E-state index in [1.165, 1.54) is 10.9 Å². The van der Waals surface area contributed by atoms with Gasteiger partial charge in [0, 0.05) is 40.3 Å². The topological polar surface area (TPSA) is 31.9 Å². The summed E-state index contributed by atoms with van der Waals surface area (Å²) in [5.41, 5.74) is 4.26. The number of thiazole rings is 1. The molecule has 5 rings (SSSR count). The quantitative estimate of drug-likeness (QED) is 0.561. The van der Waals surface area contributed by atoms with E-state index >= 15 is 0 Å². The molecular formula is C21H18FN3S. The second-order valence-electron chi connectivity index (χ2n) is 6.63. The summed E-state index contributed by atoms with van der Waals surface area (Å²) >= 11 is 1.65. The van der Waals surface area contributed by atoms with Gasteiger partial charge < -0.3 is 4.98 Å². The number of benzene rings is 2. The predicted molar refractivity (Wildman–Crippen MR) is 103 cm³/mol. The first-order valence-corrected chi connectivity index (χ1v) is 9.65. The number of rotatable bonds is 3. The first-order chi connectivity index (χ1) is 12.8. The fraction of sp³-hybridized carbons (Fsp3) is 0.190. The number of aromatic nitrogens is 2. The molecule has 0 saturated carbocycles. The lowest BCUT2D eigenvalue weighted by atomic mass is 9.92. The van der Waals surface area contributed by atoms with Crippen LogP contribution in [0.1, 0.15) is 27.9 Å². The van der Waals surface area contributed by atoms with Gasteiger partial charge in [0.05, 0.1) is 12.6 Å². The van der Waals surface area contributed by atoms with Crippen molar-refractivity contribution in [2.75, 3.05) is 6.54 Å². The van der Waals surface area contributed by atoms with Gasteiger partial charge in [-0.1, -0.05) is 36.4 Å². The number of hydrogen-bond acceptors (Lipinski definition) is 3. The number of H-pyrrole nitrogens is 1. The standard InChI is InChI=1S/C21H18FN3S/c22-17-7-3-1-6-16(17)21-20-15(14-5-2-4-8-18(14)24-20)9-11-25(21)13-19-23-10-12-26-19/h1-8,10,12,21,24H,9,11,13H2/t21-/m0/s1. The molecule has 2 aromatic heterocycles. The third-order valence-electron chi connectivity index (χ3n) is 5.16. The van der Waals surface area contributed by atoms with Gasteiger partial charge in [-0.15, -0.1) is 11.3 Å². The van der Waals surface area contributed by atoms with Crippen molar-refractivity contribution in [3.05, 3.63) is 87.8 Å². The van der Waals surface area contributed by atoms with Crippen LogP contribution in [0.25, 0.3) is 10.9 Å². The minimum atomic E-state index is -0.159. The molecule has 0 bridgehead atoms. The van der Waals surface area contributed by atoms with Crippen LogP contribution in [0.15, 0.2) is 60.1 Å². The monoisotopic (exact) mass is 363 g/mol. The Kier molecular flexibility index (Phi) is 3.84. The van der Waals surface area contributed by atoms with Gasteiger partial charge in [-0.3, -0.25) is 4.90 Å².